The maximum Gasteiger partial charge on any atom is 0.261 e. The quantitative estimate of drug-likeness (QED) is 0.459. The molecule has 4 heteroatoms. The maximum absolute atomic E-state index is 12.9. The van der Waals surface area contributed by atoms with Gasteiger partial charge in [-0.3, -0.25) is 9.36 Å². The largest absolute Gasteiger partial charge is 0.351 e. The minimum Gasteiger partial charge on any atom is -0.351 e. The van der Waals surface area contributed by atoms with Crippen molar-refractivity contribution in [2.45, 2.75) is 13.0 Å². The number of hydrogen-bond acceptors (Lipinski definition) is 2. The molecule has 4 nitrogen and oxygen atoms in total. The van der Waals surface area contributed by atoms with Gasteiger partial charge in [0.2, 0.25) is 0 Å². The zero-order valence-electron chi connectivity index (χ0n) is 14.0. The Labute approximate surface area is 148 Å². The molecule has 2 aromatic heterocycles. The highest BCUT2D eigenvalue weighted by Gasteiger charge is 2.24. The highest BCUT2D eigenvalue weighted by molar-refractivity contribution is 6.08. The second kappa shape index (κ2) is 4.82. The van der Waals surface area contributed by atoms with Gasteiger partial charge in [-0.15, -0.1) is 0 Å². The molecule has 0 fully saturated rings. The van der Waals surface area contributed by atoms with Crippen molar-refractivity contribution < 1.29 is 0 Å². The molecule has 0 radical (unpaired) electrons. The van der Waals surface area contributed by atoms with Crippen molar-refractivity contribution in [3.8, 4) is 11.5 Å². The third-order valence-corrected chi connectivity index (χ3v) is 5.48. The molecule has 124 valence electrons. The number of para-hydroxylation sites is 1. The lowest BCUT2D eigenvalue weighted by molar-refractivity contribution is 0.653. The van der Waals surface area contributed by atoms with Gasteiger partial charge in [-0.25, -0.2) is 4.98 Å². The average molecular weight is 337 g/mol. The highest BCUT2D eigenvalue weighted by atomic mass is 16.1. The number of rotatable bonds is 0. The van der Waals surface area contributed by atoms with Crippen LogP contribution in [0.3, 0.4) is 0 Å². The van der Waals surface area contributed by atoms with Gasteiger partial charge in [0.15, 0.2) is 5.82 Å². The normalized spacial score (nSPS) is 13.2. The number of H-pyrrole nitrogens is 1. The van der Waals surface area contributed by atoms with Gasteiger partial charge in [0, 0.05) is 17.3 Å². The van der Waals surface area contributed by atoms with Crippen LogP contribution in [-0.2, 0) is 13.0 Å². The fourth-order valence-electron chi connectivity index (χ4n) is 4.23. The third kappa shape index (κ3) is 1.68. The Kier molecular flexibility index (Phi) is 2.57. The first kappa shape index (κ1) is 13.8. The van der Waals surface area contributed by atoms with E-state index < -0.39 is 0 Å². The SMILES string of the molecule is O=c1c2ccccc2nc2n1CCc1c-2[nH]c2c1ccc1ccccc12. The molecule has 0 bridgehead atoms. The number of nitrogens with one attached hydrogen (secondary N) is 1. The summed E-state index contributed by atoms with van der Waals surface area (Å²) >= 11 is 0. The first-order chi connectivity index (χ1) is 12.8. The first-order valence-electron chi connectivity index (χ1n) is 8.83. The standard InChI is InChI=1S/C22H15N3O/c26-22-17-7-3-4-8-18(17)23-21-20-16(11-12-25(21)22)15-10-9-13-5-1-2-6-14(13)19(15)24-20/h1-10,24H,11-12H2. The lowest BCUT2D eigenvalue weighted by Gasteiger charge is -2.18. The van der Waals surface area contributed by atoms with E-state index in [-0.39, 0.29) is 5.56 Å². The van der Waals surface area contributed by atoms with Crippen LogP contribution in [0.4, 0.5) is 0 Å². The van der Waals surface area contributed by atoms with Crippen LogP contribution in [0.15, 0.2) is 65.5 Å². The molecule has 0 spiro atoms. The van der Waals surface area contributed by atoms with Crippen LogP contribution < -0.4 is 5.56 Å². The number of hydrogen-bond donors (Lipinski definition) is 1. The predicted molar refractivity (Wildman–Crippen MR) is 105 cm³/mol. The molecule has 0 saturated heterocycles. The van der Waals surface area contributed by atoms with Crippen molar-refractivity contribution in [2.75, 3.05) is 0 Å². The van der Waals surface area contributed by atoms with Crippen LogP contribution in [0.2, 0.25) is 0 Å². The van der Waals surface area contributed by atoms with Crippen LogP contribution in [0.5, 0.6) is 0 Å². The van der Waals surface area contributed by atoms with Crippen molar-refractivity contribution in [1.29, 1.82) is 0 Å². The van der Waals surface area contributed by atoms with E-state index in [4.69, 9.17) is 4.98 Å². The van der Waals surface area contributed by atoms with Gasteiger partial charge in [0.1, 0.15) is 0 Å². The topological polar surface area (TPSA) is 50.7 Å². The number of aromatic amines is 1. The molecule has 0 aliphatic carbocycles. The summed E-state index contributed by atoms with van der Waals surface area (Å²) in [6.45, 7) is 0.665. The Morgan fingerprint density at radius 3 is 2.62 bits per heavy atom. The summed E-state index contributed by atoms with van der Waals surface area (Å²) in [7, 11) is 0. The molecule has 0 atom stereocenters. The van der Waals surface area contributed by atoms with Crippen molar-refractivity contribution in [3.05, 3.63) is 76.6 Å². The Hall–Kier alpha value is -3.40. The lowest BCUT2D eigenvalue weighted by Crippen LogP contribution is -2.27. The van der Waals surface area contributed by atoms with E-state index in [9.17, 15) is 4.79 Å². The van der Waals surface area contributed by atoms with Crippen molar-refractivity contribution in [1.82, 2.24) is 14.5 Å². The Morgan fingerprint density at radius 2 is 1.69 bits per heavy atom. The number of aryl methyl sites for hydroxylation is 1. The van der Waals surface area contributed by atoms with Gasteiger partial charge in [0.05, 0.1) is 22.1 Å². The number of nitrogens with zero attached hydrogens (tertiary/aromatic N) is 2. The van der Waals surface area contributed by atoms with Crippen LogP contribution in [0.25, 0.3) is 44.1 Å². The molecule has 3 heterocycles. The molecule has 26 heavy (non-hydrogen) atoms. The molecule has 0 saturated carbocycles. The van der Waals surface area contributed by atoms with Gasteiger partial charge in [-0.1, -0.05) is 48.5 Å². The van der Waals surface area contributed by atoms with E-state index in [2.05, 4.69) is 41.4 Å². The van der Waals surface area contributed by atoms with Crippen LogP contribution in [0, 0.1) is 0 Å². The molecule has 0 amide bonds. The van der Waals surface area contributed by atoms with Crippen LogP contribution in [0.1, 0.15) is 5.56 Å². The van der Waals surface area contributed by atoms with Crippen molar-refractivity contribution in [3.63, 3.8) is 0 Å². The number of benzene rings is 3. The van der Waals surface area contributed by atoms with E-state index in [0.717, 1.165) is 29.0 Å². The molecule has 5 aromatic rings. The molecule has 3 aromatic carbocycles. The summed E-state index contributed by atoms with van der Waals surface area (Å²) in [5.41, 5.74) is 4.15. The molecular weight excluding hydrogens is 322 g/mol. The second-order valence-electron chi connectivity index (χ2n) is 6.85. The van der Waals surface area contributed by atoms with Gasteiger partial charge in [0.25, 0.3) is 5.56 Å². The lowest BCUT2D eigenvalue weighted by atomic mass is 10.0. The molecule has 6 rings (SSSR count). The maximum atomic E-state index is 12.9. The Balaban J connectivity index is 1.75. The summed E-state index contributed by atoms with van der Waals surface area (Å²) in [5.74, 6) is 0.746. The summed E-state index contributed by atoms with van der Waals surface area (Å²) < 4.78 is 1.81. The monoisotopic (exact) mass is 337 g/mol. The molecule has 1 aliphatic rings. The predicted octanol–water partition coefficient (Wildman–Crippen LogP) is 4.25. The van der Waals surface area contributed by atoms with Gasteiger partial charge in [-0.2, -0.15) is 0 Å². The number of aromatic nitrogens is 3. The fraction of sp³-hybridized carbons (Fsp3) is 0.0909. The Bertz CT molecular complexity index is 1410. The van der Waals surface area contributed by atoms with E-state index in [1.54, 1.807) is 0 Å². The molecule has 1 N–H and O–H groups in total. The van der Waals surface area contributed by atoms with Crippen LogP contribution >= 0.6 is 0 Å². The zero-order chi connectivity index (χ0) is 17.3. The smallest absolute Gasteiger partial charge is 0.261 e. The fourth-order valence-corrected chi connectivity index (χ4v) is 4.23. The van der Waals surface area contributed by atoms with Gasteiger partial charge in [-0.05, 0) is 29.5 Å². The minimum atomic E-state index is 0.0414. The average Bonchev–Trinajstić information content (AvgIpc) is 3.08. The summed E-state index contributed by atoms with van der Waals surface area (Å²) in [6, 6.07) is 20.3. The van der Waals surface area contributed by atoms with Crippen molar-refractivity contribution in [2.24, 2.45) is 0 Å². The van der Waals surface area contributed by atoms with Crippen molar-refractivity contribution >= 4 is 32.6 Å². The van der Waals surface area contributed by atoms with E-state index in [0.29, 0.717) is 11.9 Å². The summed E-state index contributed by atoms with van der Waals surface area (Å²) in [4.78, 5) is 21.3. The summed E-state index contributed by atoms with van der Waals surface area (Å²) in [5, 5.41) is 4.32. The molecular formula is C22H15N3O. The second-order valence-corrected chi connectivity index (χ2v) is 6.85. The zero-order valence-corrected chi connectivity index (χ0v) is 14.0. The Morgan fingerprint density at radius 1 is 0.885 bits per heavy atom. The molecule has 0 unspecified atom stereocenters. The minimum absolute atomic E-state index is 0.0414. The molecule has 1 aliphatic heterocycles. The first-order valence-corrected chi connectivity index (χ1v) is 8.83. The van der Waals surface area contributed by atoms with E-state index in [1.807, 2.05) is 28.8 Å². The highest BCUT2D eigenvalue weighted by Crippen LogP contribution is 2.36. The van der Waals surface area contributed by atoms with Gasteiger partial charge < -0.3 is 4.98 Å². The van der Waals surface area contributed by atoms with Crippen LogP contribution in [-0.4, -0.2) is 14.5 Å². The van der Waals surface area contributed by atoms with E-state index >= 15 is 0 Å². The third-order valence-electron chi connectivity index (χ3n) is 5.48. The summed E-state index contributed by atoms with van der Waals surface area (Å²) in [6.07, 6.45) is 0.834. The van der Waals surface area contributed by atoms with E-state index in [1.165, 1.54) is 21.7 Å². The number of fused-ring (bicyclic) bond motifs is 8. The van der Waals surface area contributed by atoms with Gasteiger partial charge >= 0.3 is 0 Å².